The maximum atomic E-state index is 12.2. The standard InChI is InChI=1S/C14H17NO4S/c1-14(9-2-10-14)15-20(18,19)12-6-3-11(4-7-12)5-8-13(16)17/h3-8,15H,2,9-10H2,1H3,(H,16,17)/b8-5+. The van der Waals surface area contributed by atoms with E-state index in [9.17, 15) is 13.2 Å². The molecular weight excluding hydrogens is 278 g/mol. The van der Waals surface area contributed by atoms with Crippen LogP contribution in [0, 0.1) is 0 Å². The van der Waals surface area contributed by atoms with Crippen molar-refractivity contribution in [2.75, 3.05) is 0 Å². The number of carboxylic acid groups (broad SMARTS) is 1. The van der Waals surface area contributed by atoms with Gasteiger partial charge in [-0.1, -0.05) is 12.1 Å². The molecule has 0 heterocycles. The monoisotopic (exact) mass is 295 g/mol. The zero-order chi connectivity index (χ0) is 14.8. The topological polar surface area (TPSA) is 83.5 Å². The lowest BCUT2D eigenvalue weighted by atomic mass is 9.80. The summed E-state index contributed by atoms with van der Waals surface area (Å²) in [5, 5.41) is 8.53. The van der Waals surface area contributed by atoms with Crippen molar-refractivity contribution in [3.05, 3.63) is 35.9 Å². The van der Waals surface area contributed by atoms with E-state index in [1.807, 2.05) is 6.92 Å². The predicted molar refractivity (Wildman–Crippen MR) is 75.7 cm³/mol. The highest BCUT2D eigenvalue weighted by molar-refractivity contribution is 7.89. The first-order valence-electron chi connectivity index (χ1n) is 6.36. The number of hydrogen-bond acceptors (Lipinski definition) is 3. The van der Waals surface area contributed by atoms with E-state index in [0.717, 1.165) is 25.3 Å². The maximum Gasteiger partial charge on any atom is 0.328 e. The fourth-order valence-electron chi connectivity index (χ4n) is 2.12. The van der Waals surface area contributed by atoms with Crippen LogP contribution >= 0.6 is 0 Å². The van der Waals surface area contributed by atoms with Crippen LogP contribution in [0.2, 0.25) is 0 Å². The minimum atomic E-state index is -3.52. The summed E-state index contributed by atoms with van der Waals surface area (Å²) in [7, 11) is -3.52. The summed E-state index contributed by atoms with van der Waals surface area (Å²) in [6.45, 7) is 1.90. The second-order valence-corrected chi connectivity index (χ2v) is 6.94. The van der Waals surface area contributed by atoms with Crippen molar-refractivity contribution in [3.63, 3.8) is 0 Å². The Balaban J connectivity index is 2.14. The summed E-state index contributed by atoms with van der Waals surface area (Å²) in [5.74, 6) is -1.04. The quantitative estimate of drug-likeness (QED) is 0.814. The van der Waals surface area contributed by atoms with Gasteiger partial charge in [-0.2, -0.15) is 0 Å². The molecule has 6 heteroatoms. The molecule has 1 aromatic rings. The van der Waals surface area contributed by atoms with Gasteiger partial charge in [0.25, 0.3) is 0 Å². The molecule has 1 aromatic carbocycles. The van der Waals surface area contributed by atoms with Gasteiger partial charge in [0.1, 0.15) is 0 Å². The average molecular weight is 295 g/mol. The third-order valence-electron chi connectivity index (χ3n) is 3.45. The van der Waals surface area contributed by atoms with Crippen LogP contribution in [0.25, 0.3) is 6.08 Å². The van der Waals surface area contributed by atoms with Crippen molar-refractivity contribution >= 4 is 22.1 Å². The molecular formula is C14H17NO4S. The van der Waals surface area contributed by atoms with Crippen molar-refractivity contribution in [2.24, 2.45) is 0 Å². The third kappa shape index (κ3) is 3.46. The van der Waals surface area contributed by atoms with E-state index in [0.29, 0.717) is 5.56 Å². The van der Waals surface area contributed by atoms with Crippen LogP contribution < -0.4 is 4.72 Å². The van der Waals surface area contributed by atoms with Gasteiger partial charge in [0.05, 0.1) is 4.90 Å². The van der Waals surface area contributed by atoms with Crippen molar-refractivity contribution in [1.29, 1.82) is 0 Å². The highest BCUT2D eigenvalue weighted by Crippen LogP contribution is 2.32. The number of nitrogens with one attached hydrogen (secondary N) is 1. The molecule has 108 valence electrons. The Kier molecular flexibility index (Phi) is 3.96. The smallest absolute Gasteiger partial charge is 0.328 e. The van der Waals surface area contributed by atoms with Gasteiger partial charge >= 0.3 is 5.97 Å². The third-order valence-corrected chi connectivity index (χ3v) is 5.10. The second kappa shape index (κ2) is 5.38. The van der Waals surface area contributed by atoms with Gasteiger partial charge in [0.15, 0.2) is 0 Å². The van der Waals surface area contributed by atoms with Crippen LogP contribution in [0.5, 0.6) is 0 Å². The Morgan fingerprint density at radius 2 is 1.90 bits per heavy atom. The molecule has 2 rings (SSSR count). The second-order valence-electron chi connectivity index (χ2n) is 5.26. The fraction of sp³-hybridized carbons (Fsp3) is 0.357. The highest BCUT2D eigenvalue weighted by Gasteiger charge is 2.36. The first-order valence-corrected chi connectivity index (χ1v) is 7.84. The van der Waals surface area contributed by atoms with Gasteiger partial charge in [-0.3, -0.25) is 0 Å². The Labute approximate surface area is 118 Å². The molecule has 0 unspecified atom stereocenters. The van der Waals surface area contributed by atoms with Crippen LogP contribution in [0.15, 0.2) is 35.2 Å². The number of rotatable bonds is 5. The SMILES string of the molecule is CC1(NS(=O)(=O)c2ccc(/C=C/C(=O)O)cc2)CCC1. The minimum absolute atomic E-state index is 0.193. The van der Waals surface area contributed by atoms with Gasteiger partial charge in [0, 0.05) is 11.6 Å². The maximum absolute atomic E-state index is 12.2. The molecule has 1 fully saturated rings. The largest absolute Gasteiger partial charge is 0.478 e. The number of benzene rings is 1. The number of aliphatic carboxylic acids is 1. The molecule has 0 aliphatic heterocycles. The summed E-state index contributed by atoms with van der Waals surface area (Å²) in [4.78, 5) is 10.6. The molecule has 5 nitrogen and oxygen atoms in total. The fourth-order valence-corrected chi connectivity index (χ4v) is 3.58. The molecule has 0 saturated heterocycles. The van der Waals surface area contributed by atoms with Gasteiger partial charge in [-0.05, 0) is 50.0 Å². The first-order chi connectivity index (χ1) is 9.31. The molecule has 0 spiro atoms. The summed E-state index contributed by atoms with van der Waals surface area (Å²) in [6, 6.07) is 6.12. The predicted octanol–water partition coefficient (Wildman–Crippen LogP) is 2.01. The molecule has 0 atom stereocenters. The van der Waals surface area contributed by atoms with E-state index in [1.54, 1.807) is 12.1 Å². The molecule has 1 aliphatic rings. The number of carbonyl (C=O) groups is 1. The van der Waals surface area contributed by atoms with Gasteiger partial charge in [-0.25, -0.2) is 17.9 Å². The molecule has 20 heavy (non-hydrogen) atoms. The normalized spacial score (nSPS) is 17.9. The Morgan fingerprint density at radius 1 is 1.30 bits per heavy atom. The summed E-state index contributed by atoms with van der Waals surface area (Å²) in [6.07, 6.45) is 5.17. The van der Waals surface area contributed by atoms with Gasteiger partial charge in [-0.15, -0.1) is 0 Å². The molecule has 0 radical (unpaired) electrons. The van der Waals surface area contributed by atoms with Crippen LogP contribution in [-0.4, -0.2) is 25.0 Å². The molecule has 0 amide bonds. The van der Waals surface area contributed by atoms with E-state index in [4.69, 9.17) is 5.11 Å². The lowest BCUT2D eigenvalue weighted by Crippen LogP contribution is -2.50. The zero-order valence-corrected chi connectivity index (χ0v) is 12.0. The lowest BCUT2D eigenvalue weighted by Gasteiger charge is -2.38. The lowest BCUT2D eigenvalue weighted by molar-refractivity contribution is -0.131. The number of sulfonamides is 1. The van der Waals surface area contributed by atoms with Crippen molar-refractivity contribution in [1.82, 2.24) is 4.72 Å². The average Bonchev–Trinajstić information content (AvgIpc) is 2.34. The van der Waals surface area contributed by atoms with Gasteiger partial charge < -0.3 is 5.11 Å². The van der Waals surface area contributed by atoms with Crippen LogP contribution in [-0.2, 0) is 14.8 Å². The van der Waals surface area contributed by atoms with Gasteiger partial charge in [0.2, 0.25) is 10.0 Å². The van der Waals surface area contributed by atoms with Crippen molar-refractivity contribution in [2.45, 2.75) is 36.6 Å². The van der Waals surface area contributed by atoms with E-state index in [-0.39, 0.29) is 10.4 Å². The summed E-state index contributed by atoms with van der Waals surface area (Å²) in [5.41, 5.74) is 0.307. The number of hydrogen-bond donors (Lipinski definition) is 2. The van der Waals surface area contributed by atoms with E-state index < -0.39 is 16.0 Å². The van der Waals surface area contributed by atoms with E-state index >= 15 is 0 Å². The van der Waals surface area contributed by atoms with Crippen molar-refractivity contribution in [3.8, 4) is 0 Å². The minimum Gasteiger partial charge on any atom is -0.478 e. The van der Waals surface area contributed by atoms with E-state index in [1.165, 1.54) is 18.2 Å². The first kappa shape index (κ1) is 14.7. The van der Waals surface area contributed by atoms with Crippen LogP contribution in [0.3, 0.4) is 0 Å². The molecule has 0 aromatic heterocycles. The van der Waals surface area contributed by atoms with Crippen LogP contribution in [0.1, 0.15) is 31.7 Å². The molecule has 2 N–H and O–H groups in total. The Bertz CT molecular complexity index is 628. The Morgan fingerprint density at radius 3 is 2.35 bits per heavy atom. The molecule has 1 aliphatic carbocycles. The zero-order valence-electron chi connectivity index (χ0n) is 11.2. The van der Waals surface area contributed by atoms with Crippen LogP contribution in [0.4, 0.5) is 0 Å². The molecule has 1 saturated carbocycles. The summed E-state index contributed by atoms with van der Waals surface area (Å²) < 4.78 is 27.1. The molecule has 0 bridgehead atoms. The van der Waals surface area contributed by atoms with Crippen molar-refractivity contribution < 1.29 is 18.3 Å². The number of carboxylic acids is 1. The van der Waals surface area contributed by atoms with E-state index in [2.05, 4.69) is 4.72 Å². The summed E-state index contributed by atoms with van der Waals surface area (Å²) >= 11 is 0. The highest BCUT2D eigenvalue weighted by atomic mass is 32.2. The Hall–Kier alpha value is -1.66.